The Morgan fingerprint density at radius 2 is 1.09 bits per heavy atom. The van der Waals surface area contributed by atoms with Gasteiger partial charge in [-0.1, -0.05) is 30.3 Å². The van der Waals surface area contributed by atoms with Gasteiger partial charge in [-0.2, -0.15) is 26.3 Å². The maximum absolute atomic E-state index is 12.6. The molecule has 0 amide bonds. The standard InChI is InChI=1S/C15H11F6N/c16-14(17,18)13(15(19,20)21)10-6-8-12(9-7-10)22-11-4-2-1-3-5-11/h1-9,13,22H. The molecular formula is C15H11F6N. The van der Waals surface area contributed by atoms with E-state index < -0.39 is 23.8 Å². The normalized spacial score (nSPS) is 12.5. The summed E-state index contributed by atoms with van der Waals surface area (Å²) in [6, 6.07) is 12.8. The Hall–Kier alpha value is -2.18. The quantitative estimate of drug-likeness (QED) is 0.722. The maximum Gasteiger partial charge on any atom is 0.404 e. The minimum atomic E-state index is -5.38. The molecule has 22 heavy (non-hydrogen) atoms. The number of para-hydroxylation sites is 1. The Bertz CT molecular complexity index is 587. The Labute approximate surface area is 122 Å². The molecule has 1 nitrogen and oxygen atoms in total. The second-order valence-corrected chi connectivity index (χ2v) is 4.63. The summed E-state index contributed by atoms with van der Waals surface area (Å²) in [5.41, 5.74) is 0.245. The van der Waals surface area contributed by atoms with Crippen molar-refractivity contribution in [3.63, 3.8) is 0 Å². The van der Waals surface area contributed by atoms with Gasteiger partial charge >= 0.3 is 12.4 Å². The summed E-state index contributed by atoms with van der Waals surface area (Å²) in [4.78, 5) is 0. The predicted molar refractivity (Wildman–Crippen MR) is 71.0 cm³/mol. The average Bonchev–Trinajstić information content (AvgIpc) is 2.39. The van der Waals surface area contributed by atoms with Crippen molar-refractivity contribution in [2.45, 2.75) is 18.3 Å². The van der Waals surface area contributed by atoms with Crippen molar-refractivity contribution < 1.29 is 26.3 Å². The number of hydrogen-bond acceptors (Lipinski definition) is 1. The molecule has 0 heterocycles. The van der Waals surface area contributed by atoms with Crippen LogP contribution in [-0.2, 0) is 0 Å². The number of benzene rings is 2. The van der Waals surface area contributed by atoms with E-state index in [1.807, 2.05) is 0 Å². The van der Waals surface area contributed by atoms with Crippen molar-refractivity contribution in [3.05, 3.63) is 60.2 Å². The van der Waals surface area contributed by atoms with Crippen molar-refractivity contribution in [3.8, 4) is 0 Å². The lowest BCUT2D eigenvalue weighted by Crippen LogP contribution is -2.34. The zero-order valence-corrected chi connectivity index (χ0v) is 11.0. The summed E-state index contributed by atoms with van der Waals surface area (Å²) in [5.74, 6) is -3.48. The molecule has 0 aliphatic carbocycles. The lowest BCUT2D eigenvalue weighted by molar-refractivity contribution is -0.253. The molecule has 2 aromatic carbocycles. The molecule has 2 aromatic rings. The second-order valence-electron chi connectivity index (χ2n) is 4.63. The molecular weight excluding hydrogens is 308 g/mol. The fourth-order valence-electron chi connectivity index (χ4n) is 2.01. The van der Waals surface area contributed by atoms with Crippen molar-refractivity contribution >= 4 is 11.4 Å². The fourth-order valence-corrected chi connectivity index (χ4v) is 2.01. The highest BCUT2D eigenvalue weighted by atomic mass is 19.4. The number of halogens is 6. The predicted octanol–water partition coefficient (Wildman–Crippen LogP) is 5.64. The Morgan fingerprint density at radius 1 is 0.636 bits per heavy atom. The summed E-state index contributed by atoms with van der Waals surface area (Å²) < 4.78 is 75.7. The van der Waals surface area contributed by atoms with Gasteiger partial charge in [0.1, 0.15) is 0 Å². The van der Waals surface area contributed by atoms with E-state index in [-0.39, 0.29) is 0 Å². The van der Waals surface area contributed by atoms with E-state index >= 15 is 0 Å². The number of rotatable bonds is 3. The van der Waals surface area contributed by atoms with E-state index in [0.717, 1.165) is 12.1 Å². The number of alkyl halides is 6. The molecule has 0 unspecified atom stereocenters. The van der Waals surface area contributed by atoms with Crippen LogP contribution in [0.15, 0.2) is 54.6 Å². The molecule has 0 fully saturated rings. The highest BCUT2D eigenvalue weighted by Crippen LogP contribution is 2.46. The van der Waals surface area contributed by atoms with Crippen LogP contribution < -0.4 is 5.32 Å². The van der Waals surface area contributed by atoms with Crippen LogP contribution in [0.1, 0.15) is 11.5 Å². The van der Waals surface area contributed by atoms with Gasteiger partial charge in [0.05, 0.1) is 0 Å². The number of hydrogen-bond donors (Lipinski definition) is 1. The van der Waals surface area contributed by atoms with Crippen LogP contribution in [0.4, 0.5) is 37.7 Å². The van der Waals surface area contributed by atoms with Gasteiger partial charge in [-0.05, 0) is 29.8 Å². The average molecular weight is 319 g/mol. The summed E-state index contributed by atoms with van der Waals surface area (Å²) in [6.45, 7) is 0. The molecule has 0 spiro atoms. The monoisotopic (exact) mass is 319 g/mol. The SMILES string of the molecule is FC(F)(F)C(c1ccc(Nc2ccccc2)cc1)C(F)(F)F. The third kappa shape index (κ3) is 3.93. The molecule has 0 saturated heterocycles. The summed E-state index contributed by atoms with van der Waals surface area (Å²) in [5, 5.41) is 2.89. The van der Waals surface area contributed by atoms with Crippen molar-refractivity contribution in [1.82, 2.24) is 0 Å². The Morgan fingerprint density at radius 3 is 1.55 bits per heavy atom. The number of nitrogens with one attached hydrogen (secondary N) is 1. The first-order chi connectivity index (χ1) is 10.2. The zero-order chi connectivity index (χ0) is 16.4. The van der Waals surface area contributed by atoms with Crippen LogP contribution in [0.5, 0.6) is 0 Å². The molecule has 0 aliphatic heterocycles. The van der Waals surface area contributed by atoms with Gasteiger partial charge in [-0.3, -0.25) is 0 Å². The maximum atomic E-state index is 12.6. The highest BCUT2D eigenvalue weighted by molar-refractivity contribution is 5.59. The Balaban J connectivity index is 2.24. The van der Waals surface area contributed by atoms with Crippen LogP contribution in [0.25, 0.3) is 0 Å². The smallest absolute Gasteiger partial charge is 0.356 e. The van der Waals surface area contributed by atoms with E-state index in [9.17, 15) is 26.3 Å². The second kappa shape index (κ2) is 5.90. The molecule has 2 rings (SSSR count). The lowest BCUT2D eigenvalue weighted by atomic mass is 9.97. The van der Waals surface area contributed by atoms with Crippen LogP contribution in [0.3, 0.4) is 0 Å². The molecule has 0 aliphatic rings. The summed E-state index contributed by atoms with van der Waals surface area (Å²) >= 11 is 0. The molecule has 0 aromatic heterocycles. The summed E-state index contributed by atoms with van der Waals surface area (Å²) in [6.07, 6.45) is -10.8. The van der Waals surface area contributed by atoms with Gasteiger partial charge in [0.25, 0.3) is 0 Å². The topological polar surface area (TPSA) is 12.0 Å². The minimum absolute atomic E-state index is 0.401. The third-order valence-corrected chi connectivity index (χ3v) is 2.96. The fraction of sp³-hybridized carbons (Fsp3) is 0.200. The largest absolute Gasteiger partial charge is 0.404 e. The van der Waals surface area contributed by atoms with E-state index in [1.54, 1.807) is 30.3 Å². The summed E-state index contributed by atoms with van der Waals surface area (Å²) in [7, 11) is 0. The molecule has 7 heteroatoms. The van der Waals surface area contributed by atoms with Gasteiger partial charge in [0, 0.05) is 11.4 Å². The lowest BCUT2D eigenvalue weighted by Gasteiger charge is -2.23. The zero-order valence-electron chi connectivity index (χ0n) is 11.0. The van der Waals surface area contributed by atoms with E-state index in [0.29, 0.717) is 11.4 Å². The number of anilines is 2. The van der Waals surface area contributed by atoms with E-state index in [1.165, 1.54) is 12.1 Å². The van der Waals surface area contributed by atoms with Crippen LogP contribution in [-0.4, -0.2) is 12.4 Å². The minimum Gasteiger partial charge on any atom is -0.356 e. The van der Waals surface area contributed by atoms with Gasteiger partial charge < -0.3 is 5.32 Å². The van der Waals surface area contributed by atoms with Gasteiger partial charge in [0.2, 0.25) is 0 Å². The first kappa shape index (κ1) is 16.2. The first-order valence-electron chi connectivity index (χ1n) is 6.23. The van der Waals surface area contributed by atoms with Crippen molar-refractivity contribution in [1.29, 1.82) is 0 Å². The van der Waals surface area contributed by atoms with Gasteiger partial charge in [-0.15, -0.1) is 0 Å². The molecule has 0 radical (unpaired) electrons. The van der Waals surface area contributed by atoms with Crippen molar-refractivity contribution in [2.75, 3.05) is 5.32 Å². The van der Waals surface area contributed by atoms with Gasteiger partial charge in [-0.25, -0.2) is 0 Å². The van der Waals surface area contributed by atoms with Crippen LogP contribution >= 0.6 is 0 Å². The molecule has 0 atom stereocenters. The Kier molecular flexibility index (Phi) is 4.35. The van der Waals surface area contributed by atoms with Crippen LogP contribution in [0, 0.1) is 0 Å². The molecule has 1 N–H and O–H groups in total. The molecule has 0 saturated carbocycles. The van der Waals surface area contributed by atoms with Gasteiger partial charge in [0.15, 0.2) is 5.92 Å². The van der Waals surface area contributed by atoms with Crippen LogP contribution in [0.2, 0.25) is 0 Å². The third-order valence-electron chi connectivity index (χ3n) is 2.96. The van der Waals surface area contributed by atoms with E-state index in [4.69, 9.17) is 0 Å². The van der Waals surface area contributed by atoms with E-state index in [2.05, 4.69) is 5.32 Å². The van der Waals surface area contributed by atoms with Crippen molar-refractivity contribution in [2.24, 2.45) is 0 Å². The first-order valence-corrected chi connectivity index (χ1v) is 6.23. The highest BCUT2D eigenvalue weighted by Gasteiger charge is 2.57. The molecule has 118 valence electrons. The molecule has 0 bridgehead atoms.